The lowest BCUT2D eigenvalue weighted by atomic mass is 9.68. The lowest BCUT2D eigenvalue weighted by Gasteiger charge is -2.39. The van der Waals surface area contributed by atoms with Crippen LogP contribution >= 0.6 is 0 Å². The van der Waals surface area contributed by atoms with Crippen LogP contribution in [0, 0.1) is 5.41 Å². The van der Waals surface area contributed by atoms with Gasteiger partial charge in [-0.1, -0.05) is 26.0 Å². The van der Waals surface area contributed by atoms with E-state index in [9.17, 15) is 9.59 Å². The predicted molar refractivity (Wildman–Crippen MR) is 126 cm³/mol. The van der Waals surface area contributed by atoms with E-state index in [0.29, 0.717) is 24.2 Å². The molecule has 0 unspecified atom stereocenters. The SMILES string of the molecule is CCN(CC)c1ccc([C@H]2C(C(=O)OCCOC)=C(C)NC3=C2C(=O)CC(C)(C)C3)cc1. The van der Waals surface area contributed by atoms with Crippen LogP contribution in [0.1, 0.15) is 58.9 Å². The van der Waals surface area contributed by atoms with Crippen LogP contribution < -0.4 is 10.2 Å². The molecule has 0 aromatic heterocycles. The maximum Gasteiger partial charge on any atom is 0.336 e. The van der Waals surface area contributed by atoms with Crippen LogP contribution in [0.25, 0.3) is 0 Å². The highest BCUT2D eigenvalue weighted by atomic mass is 16.6. The minimum atomic E-state index is -0.435. The van der Waals surface area contributed by atoms with Gasteiger partial charge in [-0.05, 0) is 50.3 Å². The quantitative estimate of drug-likeness (QED) is 0.479. The number of anilines is 1. The van der Waals surface area contributed by atoms with Crippen molar-refractivity contribution >= 4 is 17.4 Å². The molecular formula is C26H36N2O4. The van der Waals surface area contributed by atoms with Crippen molar-refractivity contribution in [3.05, 3.63) is 52.4 Å². The van der Waals surface area contributed by atoms with Gasteiger partial charge in [-0.2, -0.15) is 0 Å². The van der Waals surface area contributed by atoms with E-state index in [-0.39, 0.29) is 17.8 Å². The Morgan fingerprint density at radius 2 is 1.78 bits per heavy atom. The Balaban J connectivity index is 2.06. The van der Waals surface area contributed by atoms with Crippen molar-refractivity contribution in [2.45, 2.75) is 53.4 Å². The molecule has 1 heterocycles. The molecule has 1 N–H and O–H groups in total. The number of ether oxygens (including phenoxy) is 2. The topological polar surface area (TPSA) is 67.9 Å². The van der Waals surface area contributed by atoms with E-state index in [1.54, 1.807) is 7.11 Å². The predicted octanol–water partition coefficient (Wildman–Crippen LogP) is 4.33. The van der Waals surface area contributed by atoms with Crippen LogP contribution in [0.15, 0.2) is 46.8 Å². The van der Waals surface area contributed by atoms with Crippen molar-refractivity contribution < 1.29 is 19.1 Å². The number of hydrogen-bond acceptors (Lipinski definition) is 6. The zero-order chi connectivity index (χ0) is 23.5. The summed E-state index contributed by atoms with van der Waals surface area (Å²) in [6.07, 6.45) is 1.23. The number of benzene rings is 1. The lowest BCUT2D eigenvalue weighted by Crippen LogP contribution is -2.38. The van der Waals surface area contributed by atoms with Gasteiger partial charge >= 0.3 is 5.97 Å². The van der Waals surface area contributed by atoms with Crippen LogP contribution in [-0.4, -0.2) is 45.2 Å². The number of methoxy groups -OCH3 is 1. The van der Waals surface area contributed by atoms with Gasteiger partial charge in [0, 0.05) is 55.2 Å². The summed E-state index contributed by atoms with van der Waals surface area (Å²) in [7, 11) is 1.57. The summed E-state index contributed by atoms with van der Waals surface area (Å²) in [5.41, 5.74) is 4.82. The second-order valence-electron chi connectivity index (χ2n) is 9.32. The molecule has 0 saturated carbocycles. The molecule has 2 aliphatic rings. The largest absolute Gasteiger partial charge is 0.460 e. The fourth-order valence-electron chi connectivity index (χ4n) is 4.80. The number of carbonyl (C=O) groups is 2. The summed E-state index contributed by atoms with van der Waals surface area (Å²) in [6, 6.07) is 8.23. The van der Waals surface area contributed by atoms with Crippen LogP contribution in [0.4, 0.5) is 5.69 Å². The first-order chi connectivity index (χ1) is 15.2. The number of nitrogens with one attached hydrogen (secondary N) is 1. The molecule has 1 aliphatic carbocycles. The van der Waals surface area contributed by atoms with E-state index in [2.05, 4.69) is 50.0 Å². The fraction of sp³-hybridized carbons (Fsp3) is 0.538. The van der Waals surface area contributed by atoms with E-state index < -0.39 is 11.9 Å². The molecule has 0 bridgehead atoms. The molecule has 3 rings (SSSR count). The van der Waals surface area contributed by atoms with Gasteiger partial charge in [0.2, 0.25) is 0 Å². The molecule has 6 nitrogen and oxygen atoms in total. The van der Waals surface area contributed by atoms with Crippen molar-refractivity contribution in [3.63, 3.8) is 0 Å². The minimum absolute atomic E-state index is 0.0938. The van der Waals surface area contributed by atoms with E-state index in [4.69, 9.17) is 9.47 Å². The van der Waals surface area contributed by atoms with Crippen molar-refractivity contribution in [2.75, 3.05) is 38.3 Å². The fourth-order valence-corrected chi connectivity index (χ4v) is 4.80. The highest BCUT2D eigenvalue weighted by molar-refractivity contribution is 6.04. The van der Waals surface area contributed by atoms with Crippen LogP contribution in [0.3, 0.4) is 0 Å². The summed E-state index contributed by atoms with van der Waals surface area (Å²) in [6.45, 7) is 12.7. The Labute approximate surface area is 191 Å². The third-order valence-electron chi connectivity index (χ3n) is 6.34. The first-order valence-electron chi connectivity index (χ1n) is 11.5. The molecule has 1 aliphatic heterocycles. The molecule has 0 saturated heterocycles. The number of Topliss-reactive ketones (excluding diaryl/α,β-unsaturated/α-hetero) is 1. The standard InChI is InChI=1S/C26H36N2O4/c1-7-28(8-2)19-11-9-18(10-12-19)23-22(25(30)32-14-13-31-6)17(3)27-20-15-26(4,5)16-21(29)24(20)23/h9-12,23,27H,7-8,13-16H2,1-6H3/t23-/m0/s1. The van der Waals surface area contributed by atoms with Gasteiger partial charge in [0.1, 0.15) is 6.61 Å². The third kappa shape index (κ3) is 4.90. The first kappa shape index (κ1) is 24.1. The monoisotopic (exact) mass is 440 g/mol. The Bertz CT molecular complexity index is 924. The normalized spacial score (nSPS) is 20.1. The molecule has 0 fully saturated rings. The number of dihydropyridines is 1. The maximum absolute atomic E-state index is 13.3. The Hall–Kier alpha value is -2.60. The molecule has 1 aromatic carbocycles. The van der Waals surface area contributed by atoms with E-state index in [1.165, 1.54) is 0 Å². The van der Waals surface area contributed by atoms with Crippen molar-refractivity contribution in [3.8, 4) is 0 Å². The molecule has 0 amide bonds. The molecular weight excluding hydrogens is 404 g/mol. The molecule has 1 atom stereocenters. The maximum atomic E-state index is 13.3. The van der Waals surface area contributed by atoms with Crippen molar-refractivity contribution in [1.29, 1.82) is 0 Å². The molecule has 32 heavy (non-hydrogen) atoms. The van der Waals surface area contributed by atoms with Crippen LogP contribution in [0.5, 0.6) is 0 Å². The Kier molecular flexibility index (Phi) is 7.44. The molecule has 6 heteroatoms. The van der Waals surface area contributed by atoms with Gasteiger partial charge in [0.05, 0.1) is 12.2 Å². The highest BCUT2D eigenvalue weighted by Gasteiger charge is 2.43. The van der Waals surface area contributed by atoms with Crippen LogP contribution in [-0.2, 0) is 19.1 Å². The van der Waals surface area contributed by atoms with Gasteiger partial charge in [-0.3, -0.25) is 4.79 Å². The Morgan fingerprint density at radius 1 is 1.12 bits per heavy atom. The van der Waals surface area contributed by atoms with Gasteiger partial charge in [-0.15, -0.1) is 0 Å². The summed E-state index contributed by atoms with van der Waals surface area (Å²) >= 11 is 0. The van der Waals surface area contributed by atoms with Crippen molar-refractivity contribution in [2.24, 2.45) is 5.41 Å². The lowest BCUT2D eigenvalue weighted by molar-refractivity contribution is -0.140. The zero-order valence-electron chi connectivity index (χ0n) is 20.2. The van der Waals surface area contributed by atoms with Gasteiger partial charge in [0.25, 0.3) is 0 Å². The van der Waals surface area contributed by atoms with Gasteiger partial charge in [-0.25, -0.2) is 4.79 Å². The van der Waals surface area contributed by atoms with Gasteiger partial charge in [0.15, 0.2) is 5.78 Å². The average molecular weight is 441 g/mol. The molecule has 1 aromatic rings. The number of ketones is 1. The second-order valence-corrected chi connectivity index (χ2v) is 9.32. The summed E-state index contributed by atoms with van der Waals surface area (Å²) in [4.78, 5) is 28.7. The first-order valence-corrected chi connectivity index (χ1v) is 11.5. The third-order valence-corrected chi connectivity index (χ3v) is 6.34. The zero-order valence-corrected chi connectivity index (χ0v) is 20.2. The van der Waals surface area contributed by atoms with Crippen molar-refractivity contribution in [1.82, 2.24) is 5.32 Å². The number of allylic oxidation sites excluding steroid dienone is 3. The van der Waals surface area contributed by atoms with E-state index in [0.717, 1.165) is 42.2 Å². The number of esters is 1. The number of rotatable bonds is 8. The number of nitrogens with zero attached hydrogens (tertiary/aromatic N) is 1. The number of hydrogen-bond donors (Lipinski definition) is 1. The Morgan fingerprint density at radius 3 is 2.38 bits per heavy atom. The second kappa shape index (κ2) is 9.90. The van der Waals surface area contributed by atoms with Crippen LogP contribution in [0.2, 0.25) is 0 Å². The minimum Gasteiger partial charge on any atom is -0.460 e. The summed E-state index contributed by atoms with van der Waals surface area (Å²) in [5.74, 6) is -0.749. The van der Waals surface area contributed by atoms with E-state index in [1.807, 2.05) is 19.1 Å². The summed E-state index contributed by atoms with van der Waals surface area (Å²) < 4.78 is 10.5. The number of carbonyl (C=O) groups excluding carboxylic acids is 2. The smallest absolute Gasteiger partial charge is 0.336 e. The molecule has 0 radical (unpaired) electrons. The molecule has 174 valence electrons. The highest BCUT2D eigenvalue weighted by Crippen LogP contribution is 2.46. The summed E-state index contributed by atoms with van der Waals surface area (Å²) in [5, 5.41) is 3.37. The van der Waals surface area contributed by atoms with Gasteiger partial charge < -0.3 is 19.7 Å². The van der Waals surface area contributed by atoms with E-state index >= 15 is 0 Å². The average Bonchev–Trinajstić information content (AvgIpc) is 2.73. The molecule has 0 spiro atoms.